The monoisotopic (exact) mass is 323 g/mol. The summed E-state index contributed by atoms with van der Waals surface area (Å²) in [6.07, 6.45) is 6.70. The Bertz CT molecular complexity index is 493. The van der Waals surface area contributed by atoms with Crippen LogP contribution >= 0.6 is 0 Å². The molecule has 3 rings (SSSR count). The maximum atomic E-state index is 6.17. The Hall–Kier alpha value is -0.980. The highest BCUT2D eigenvalue weighted by Crippen LogP contribution is 2.32. The molecular formula is C17H29N3O3. The third-order valence-corrected chi connectivity index (χ3v) is 5.27. The first-order chi connectivity index (χ1) is 11.2. The van der Waals surface area contributed by atoms with E-state index in [0.29, 0.717) is 23.7 Å². The molecule has 6 nitrogen and oxygen atoms in total. The van der Waals surface area contributed by atoms with Gasteiger partial charge in [0, 0.05) is 20.2 Å². The maximum Gasteiger partial charge on any atom is 0.244 e. The smallest absolute Gasteiger partial charge is 0.244 e. The molecule has 0 amide bonds. The van der Waals surface area contributed by atoms with Crippen LogP contribution in [0.5, 0.6) is 0 Å². The lowest BCUT2D eigenvalue weighted by molar-refractivity contribution is -0.0168. The highest BCUT2D eigenvalue weighted by atomic mass is 16.5. The van der Waals surface area contributed by atoms with Crippen LogP contribution in [0.1, 0.15) is 56.8 Å². The molecule has 1 saturated carbocycles. The molecule has 0 aromatic carbocycles. The molecule has 1 aromatic heterocycles. The van der Waals surface area contributed by atoms with Gasteiger partial charge in [0.25, 0.3) is 0 Å². The fourth-order valence-corrected chi connectivity index (χ4v) is 3.84. The SMILES string of the molecule is CO[C@@H]1C[C@H](c2nc(C)no2)N(CCOC2CCCCC2C)C1. The second-order valence-corrected chi connectivity index (χ2v) is 6.95. The van der Waals surface area contributed by atoms with Crippen molar-refractivity contribution >= 4 is 0 Å². The summed E-state index contributed by atoms with van der Waals surface area (Å²) in [6, 6.07) is 0.147. The molecule has 0 bridgehead atoms. The van der Waals surface area contributed by atoms with Gasteiger partial charge in [0.15, 0.2) is 5.82 Å². The van der Waals surface area contributed by atoms with E-state index in [0.717, 1.165) is 26.1 Å². The van der Waals surface area contributed by atoms with E-state index in [1.54, 1.807) is 7.11 Å². The van der Waals surface area contributed by atoms with Crippen molar-refractivity contribution < 1.29 is 14.0 Å². The van der Waals surface area contributed by atoms with Gasteiger partial charge in [-0.15, -0.1) is 0 Å². The van der Waals surface area contributed by atoms with Gasteiger partial charge in [-0.1, -0.05) is 24.9 Å². The first-order valence-electron chi connectivity index (χ1n) is 8.86. The van der Waals surface area contributed by atoms with Gasteiger partial charge in [0.05, 0.1) is 24.9 Å². The Morgan fingerprint density at radius 1 is 1.30 bits per heavy atom. The molecule has 6 heteroatoms. The quantitative estimate of drug-likeness (QED) is 0.802. The van der Waals surface area contributed by atoms with Crippen molar-refractivity contribution in [3.05, 3.63) is 11.7 Å². The van der Waals surface area contributed by atoms with Crippen LogP contribution in [0, 0.1) is 12.8 Å². The van der Waals surface area contributed by atoms with E-state index in [9.17, 15) is 0 Å². The number of aromatic nitrogens is 2. The standard InChI is InChI=1S/C17H29N3O3/c1-12-6-4-5-7-16(12)22-9-8-20-11-14(21-3)10-15(20)17-18-13(2)19-23-17/h12,14-16H,4-11H2,1-3H3/t12?,14-,15-,16?/m1/s1. The molecule has 1 aliphatic carbocycles. The minimum absolute atomic E-state index is 0.147. The first kappa shape index (κ1) is 16.9. The largest absolute Gasteiger partial charge is 0.380 e. The Morgan fingerprint density at radius 2 is 2.13 bits per heavy atom. The zero-order chi connectivity index (χ0) is 16.2. The number of hydrogen-bond acceptors (Lipinski definition) is 6. The lowest BCUT2D eigenvalue weighted by Crippen LogP contribution is -2.32. The van der Waals surface area contributed by atoms with Crippen LogP contribution in [0.2, 0.25) is 0 Å². The number of aryl methyl sites for hydroxylation is 1. The van der Waals surface area contributed by atoms with Crippen LogP contribution in [0.25, 0.3) is 0 Å². The molecule has 4 atom stereocenters. The van der Waals surface area contributed by atoms with Crippen LogP contribution in [0.4, 0.5) is 0 Å². The molecule has 0 spiro atoms. The number of nitrogens with zero attached hydrogens (tertiary/aromatic N) is 3. The Balaban J connectivity index is 1.54. The van der Waals surface area contributed by atoms with Crippen LogP contribution < -0.4 is 0 Å². The lowest BCUT2D eigenvalue weighted by Gasteiger charge is -2.30. The lowest BCUT2D eigenvalue weighted by atomic mass is 9.88. The summed E-state index contributed by atoms with van der Waals surface area (Å²) in [5.41, 5.74) is 0. The summed E-state index contributed by atoms with van der Waals surface area (Å²) in [6.45, 7) is 6.70. The predicted molar refractivity (Wildman–Crippen MR) is 86.1 cm³/mol. The van der Waals surface area contributed by atoms with E-state index in [2.05, 4.69) is 22.0 Å². The minimum atomic E-state index is 0.147. The van der Waals surface area contributed by atoms with Crippen LogP contribution in [-0.4, -0.2) is 54.1 Å². The average Bonchev–Trinajstić information content (AvgIpc) is 3.15. The van der Waals surface area contributed by atoms with Crippen molar-refractivity contribution in [1.29, 1.82) is 0 Å². The van der Waals surface area contributed by atoms with Gasteiger partial charge in [-0.05, 0) is 32.1 Å². The minimum Gasteiger partial charge on any atom is -0.380 e. The molecule has 2 unspecified atom stereocenters. The summed E-state index contributed by atoms with van der Waals surface area (Å²) < 4.78 is 17.1. The van der Waals surface area contributed by atoms with Gasteiger partial charge in [0.1, 0.15) is 0 Å². The van der Waals surface area contributed by atoms with Crippen molar-refractivity contribution in [3.8, 4) is 0 Å². The second kappa shape index (κ2) is 7.73. The van der Waals surface area contributed by atoms with Gasteiger partial charge in [0.2, 0.25) is 5.89 Å². The summed E-state index contributed by atoms with van der Waals surface area (Å²) in [7, 11) is 1.77. The van der Waals surface area contributed by atoms with E-state index in [-0.39, 0.29) is 12.1 Å². The summed E-state index contributed by atoms with van der Waals surface area (Å²) in [4.78, 5) is 6.76. The summed E-state index contributed by atoms with van der Waals surface area (Å²) in [5, 5.41) is 3.93. The van der Waals surface area contributed by atoms with Crippen LogP contribution in [-0.2, 0) is 9.47 Å². The number of rotatable bonds is 6. The topological polar surface area (TPSA) is 60.6 Å². The van der Waals surface area contributed by atoms with Crippen molar-refractivity contribution in [2.24, 2.45) is 5.92 Å². The van der Waals surface area contributed by atoms with Gasteiger partial charge in [-0.25, -0.2) is 0 Å². The second-order valence-electron chi connectivity index (χ2n) is 6.95. The fraction of sp³-hybridized carbons (Fsp3) is 0.882. The molecule has 1 aliphatic heterocycles. The van der Waals surface area contributed by atoms with E-state index < -0.39 is 0 Å². The molecule has 0 N–H and O–H groups in total. The van der Waals surface area contributed by atoms with Gasteiger partial charge in [-0.2, -0.15) is 4.98 Å². The number of ether oxygens (including phenoxy) is 2. The normalized spacial score (nSPS) is 32.5. The molecule has 1 aromatic rings. The van der Waals surface area contributed by atoms with Crippen molar-refractivity contribution in [2.45, 2.75) is 64.2 Å². The molecule has 1 saturated heterocycles. The highest BCUT2D eigenvalue weighted by molar-refractivity contribution is 4.98. The van der Waals surface area contributed by atoms with Gasteiger partial charge < -0.3 is 14.0 Å². The summed E-state index contributed by atoms with van der Waals surface area (Å²) >= 11 is 0. The third kappa shape index (κ3) is 4.11. The van der Waals surface area contributed by atoms with Crippen LogP contribution in [0.3, 0.4) is 0 Å². The Kier molecular flexibility index (Phi) is 5.67. The van der Waals surface area contributed by atoms with E-state index in [4.69, 9.17) is 14.0 Å². The predicted octanol–water partition coefficient (Wildman–Crippen LogP) is 2.74. The Morgan fingerprint density at radius 3 is 2.83 bits per heavy atom. The number of methoxy groups -OCH3 is 1. The first-order valence-corrected chi connectivity index (χ1v) is 8.86. The van der Waals surface area contributed by atoms with Gasteiger partial charge in [-0.3, -0.25) is 4.90 Å². The van der Waals surface area contributed by atoms with Crippen molar-refractivity contribution in [3.63, 3.8) is 0 Å². The molecular weight excluding hydrogens is 294 g/mol. The van der Waals surface area contributed by atoms with E-state index >= 15 is 0 Å². The maximum absolute atomic E-state index is 6.17. The molecule has 130 valence electrons. The highest BCUT2D eigenvalue weighted by Gasteiger charge is 2.36. The Labute approximate surface area is 138 Å². The molecule has 2 fully saturated rings. The fourth-order valence-electron chi connectivity index (χ4n) is 3.84. The van der Waals surface area contributed by atoms with Crippen molar-refractivity contribution in [2.75, 3.05) is 26.8 Å². The van der Waals surface area contributed by atoms with E-state index in [1.807, 2.05) is 6.92 Å². The third-order valence-electron chi connectivity index (χ3n) is 5.27. The zero-order valence-electron chi connectivity index (χ0n) is 14.5. The molecule has 2 aliphatic rings. The van der Waals surface area contributed by atoms with Crippen LogP contribution in [0.15, 0.2) is 4.52 Å². The average molecular weight is 323 g/mol. The molecule has 2 heterocycles. The number of hydrogen-bond donors (Lipinski definition) is 0. The summed E-state index contributed by atoms with van der Waals surface area (Å²) in [5.74, 6) is 2.07. The molecule has 0 radical (unpaired) electrons. The number of likely N-dealkylation sites (tertiary alicyclic amines) is 1. The van der Waals surface area contributed by atoms with E-state index in [1.165, 1.54) is 25.7 Å². The molecule has 23 heavy (non-hydrogen) atoms. The van der Waals surface area contributed by atoms with Gasteiger partial charge >= 0.3 is 0 Å². The van der Waals surface area contributed by atoms with Crippen molar-refractivity contribution in [1.82, 2.24) is 15.0 Å². The zero-order valence-corrected chi connectivity index (χ0v) is 14.5.